The molecule has 2 nitrogen and oxygen atoms in total. The zero-order chi connectivity index (χ0) is 13.9. The van der Waals surface area contributed by atoms with Gasteiger partial charge in [-0.05, 0) is 57.2 Å². The second kappa shape index (κ2) is 6.38. The zero-order valence-corrected chi connectivity index (χ0v) is 13.5. The fourth-order valence-corrected chi connectivity index (χ4v) is 4.28. The number of hydrogen-bond donors (Lipinski definition) is 1. The van der Waals surface area contributed by atoms with Gasteiger partial charge in [-0.1, -0.05) is 13.8 Å². The highest BCUT2D eigenvalue weighted by atomic mass is 32.1. The Hall–Kier alpha value is -0.380. The van der Waals surface area contributed by atoms with E-state index >= 15 is 0 Å². The molecule has 0 spiro atoms. The SMILES string of the molecule is CCNC(c1ccc(C)s1)C1(OC)CCC(C)CC1. The summed E-state index contributed by atoms with van der Waals surface area (Å²) in [7, 11) is 1.89. The molecule has 1 N–H and O–H groups in total. The second-order valence-electron chi connectivity index (χ2n) is 5.89. The van der Waals surface area contributed by atoms with Crippen molar-refractivity contribution in [2.45, 2.75) is 58.1 Å². The Labute approximate surface area is 121 Å². The van der Waals surface area contributed by atoms with E-state index in [0.29, 0.717) is 6.04 Å². The minimum atomic E-state index is -0.0141. The summed E-state index contributed by atoms with van der Waals surface area (Å²) in [6, 6.07) is 4.83. The molecule has 1 fully saturated rings. The molecule has 0 aromatic carbocycles. The number of likely N-dealkylation sites (N-methyl/N-ethyl adjacent to an activating group) is 1. The van der Waals surface area contributed by atoms with Crippen LogP contribution in [0.2, 0.25) is 0 Å². The third kappa shape index (κ3) is 3.21. The summed E-state index contributed by atoms with van der Waals surface area (Å²) in [5.74, 6) is 0.843. The summed E-state index contributed by atoms with van der Waals surface area (Å²) >= 11 is 1.90. The molecule has 1 aliphatic carbocycles. The smallest absolute Gasteiger partial charge is 0.0880 e. The first-order valence-corrected chi connectivity index (χ1v) is 8.28. The molecular weight excluding hydrogens is 254 g/mol. The van der Waals surface area contributed by atoms with Crippen LogP contribution in [-0.2, 0) is 4.74 Å². The van der Waals surface area contributed by atoms with Crippen molar-refractivity contribution < 1.29 is 4.74 Å². The van der Waals surface area contributed by atoms with E-state index in [-0.39, 0.29) is 5.60 Å². The van der Waals surface area contributed by atoms with Crippen molar-refractivity contribution in [1.29, 1.82) is 0 Å². The lowest BCUT2D eigenvalue weighted by Crippen LogP contribution is -2.47. The number of hydrogen-bond acceptors (Lipinski definition) is 3. The molecule has 1 aliphatic rings. The standard InChI is InChI=1S/C16H27NOS/c1-5-17-15(14-7-6-13(3)19-14)16(18-4)10-8-12(2)9-11-16/h6-7,12,15,17H,5,8-11H2,1-4H3. The van der Waals surface area contributed by atoms with E-state index in [1.807, 2.05) is 18.4 Å². The summed E-state index contributed by atoms with van der Waals surface area (Å²) in [6.07, 6.45) is 4.89. The Kier molecular flexibility index (Phi) is 5.04. The van der Waals surface area contributed by atoms with Crippen molar-refractivity contribution in [3.63, 3.8) is 0 Å². The van der Waals surface area contributed by atoms with Crippen LogP contribution >= 0.6 is 11.3 Å². The summed E-state index contributed by atoms with van der Waals surface area (Å²) in [4.78, 5) is 2.81. The van der Waals surface area contributed by atoms with Crippen molar-refractivity contribution in [3.05, 3.63) is 21.9 Å². The number of methoxy groups -OCH3 is 1. The average Bonchev–Trinajstić information content (AvgIpc) is 2.84. The van der Waals surface area contributed by atoms with Crippen LogP contribution in [0.5, 0.6) is 0 Å². The van der Waals surface area contributed by atoms with E-state index in [2.05, 4.69) is 38.2 Å². The number of aryl methyl sites for hydroxylation is 1. The highest BCUT2D eigenvalue weighted by Gasteiger charge is 2.42. The lowest BCUT2D eigenvalue weighted by atomic mass is 9.75. The Bertz CT molecular complexity index is 393. The first-order chi connectivity index (χ1) is 9.11. The second-order valence-corrected chi connectivity index (χ2v) is 7.21. The minimum Gasteiger partial charge on any atom is -0.376 e. The van der Waals surface area contributed by atoms with Gasteiger partial charge in [0.1, 0.15) is 0 Å². The molecule has 0 bridgehead atoms. The van der Waals surface area contributed by atoms with Crippen LogP contribution in [0.25, 0.3) is 0 Å². The maximum absolute atomic E-state index is 6.05. The molecule has 0 radical (unpaired) electrons. The van der Waals surface area contributed by atoms with Gasteiger partial charge in [-0.2, -0.15) is 0 Å². The Morgan fingerprint density at radius 2 is 2.11 bits per heavy atom. The quantitative estimate of drug-likeness (QED) is 0.868. The van der Waals surface area contributed by atoms with E-state index in [1.54, 1.807) is 0 Å². The normalized spacial score (nSPS) is 29.4. The van der Waals surface area contributed by atoms with Gasteiger partial charge < -0.3 is 10.1 Å². The Morgan fingerprint density at radius 1 is 1.42 bits per heavy atom. The molecule has 1 aromatic heterocycles. The van der Waals surface area contributed by atoms with Crippen molar-refractivity contribution >= 4 is 11.3 Å². The molecule has 108 valence electrons. The number of thiophene rings is 1. The van der Waals surface area contributed by atoms with Crippen molar-refractivity contribution in [2.24, 2.45) is 5.92 Å². The lowest BCUT2D eigenvalue weighted by molar-refractivity contribution is -0.0749. The molecule has 1 atom stereocenters. The topological polar surface area (TPSA) is 21.3 Å². The van der Waals surface area contributed by atoms with Gasteiger partial charge in [0, 0.05) is 16.9 Å². The van der Waals surface area contributed by atoms with Gasteiger partial charge in [0.2, 0.25) is 0 Å². The van der Waals surface area contributed by atoms with E-state index in [4.69, 9.17) is 4.74 Å². The predicted molar refractivity (Wildman–Crippen MR) is 82.8 cm³/mol. The van der Waals surface area contributed by atoms with Gasteiger partial charge in [0.05, 0.1) is 11.6 Å². The van der Waals surface area contributed by atoms with Crippen LogP contribution in [-0.4, -0.2) is 19.3 Å². The molecule has 1 unspecified atom stereocenters. The van der Waals surface area contributed by atoms with Gasteiger partial charge in [-0.25, -0.2) is 0 Å². The van der Waals surface area contributed by atoms with Crippen LogP contribution in [0.4, 0.5) is 0 Å². The van der Waals surface area contributed by atoms with Crippen molar-refractivity contribution in [3.8, 4) is 0 Å². The van der Waals surface area contributed by atoms with E-state index in [9.17, 15) is 0 Å². The molecule has 1 saturated carbocycles. The van der Waals surface area contributed by atoms with Gasteiger partial charge in [-0.3, -0.25) is 0 Å². The van der Waals surface area contributed by atoms with Gasteiger partial charge in [0.15, 0.2) is 0 Å². The van der Waals surface area contributed by atoms with Crippen LogP contribution in [0.1, 0.15) is 55.3 Å². The largest absolute Gasteiger partial charge is 0.376 e. The molecule has 19 heavy (non-hydrogen) atoms. The molecule has 1 aromatic rings. The summed E-state index contributed by atoms with van der Waals surface area (Å²) in [5.41, 5.74) is -0.0141. The minimum absolute atomic E-state index is 0.0141. The summed E-state index contributed by atoms with van der Waals surface area (Å²) < 4.78 is 6.05. The van der Waals surface area contributed by atoms with Crippen LogP contribution in [0.3, 0.4) is 0 Å². The summed E-state index contributed by atoms with van der Waals surface area (Å²) in [5, 5.41) is 3.67. The fourth-order valence-electron chi connectivity index (χ4n) is 3.22. The maximum Gasteiger partial charge on any atom is 0.0880 e. The summed E-state index contributed by atoms with van der Waals surface area (Å²) in [6.45, 7) is 7.71. The maximum atomic E-state index is 6.05. The Morgan fingerprint density at radius 3 is 2.58 bits per heavy atom. The molecule has 2 rings (SSSR count). The molecule has 0 amide bonds. The van der Waals surface area contributed by atoms with Crippen molar-refractivity contribution in [2.75, 3.05) is 13.7 Å². The molecule has 3 heteroatoms. The zero-order valence-electron chi connectivity index (χ0n) is 12.7. The number of nitrogens with one attached hydrogen (secondary N) is 1. The van der Waals surface area contributed by atoms with Crippen LogP contribution < -0.4 is 5.32 Å². The van der Waals surface area contributed by atoms with E-state index in [0.717, 1.165) is 12.5 Å². The monoisotopic (exact) mass is 281 g/mol. The third-order valence-electron chi connectivity index (χ3n) is 4.51. The Balaban J connectivity index is 2.25. The predicted octanol–water partition coefficient (Wildman–Crippen LogP) is 4.30. The van der Waals surface area contributed by atoms with E-state index in [1.165, 1.54) is 35.4 Å². The average molecular weight is 281 g/mol. The van der Waals surface area contributed by atoms with E-state index < -0.39 is 0 Å². The van der Waals surface area contributed by atoms with Gasteiger partial charge in [-0.15, -0.1) is 11.3 Å². The first-order valence-electron chi connectivity index (χ1n) is 7.46. The molecule has 0 aliphatic heterocycles. The number of rotatable bonds is 5. The van der Waals surface area contributed by atoms with Crippen LogP contribution in [0, 0.1) is 12.8 Å². The molecule has 1 heterocycles. The fraction of sp³-hybridized carbons (Fsp3) is 0.750. The lowest BCUT2D eigenvalue weighted by Gasteiger charge is -2.44. The third-order valence-corrected chi connectivity index (χ3v) is 5.57. The highest BCUT2D eigenvalue weighted by molar-refractivity contribution is 7.12. The van der Waals surface area contributed by atoms with Crippen molar-refractivity contribution in [1.82, 2.24) is 5.32 Å². The van der Waals surface area contributed by atoms with Crippen LogP contribution in [0.15, 0.2) is 12.1 Å². The first kappa shape index (κ1) is 15.0. The van der Waals surface area contributed by atoms with Gasteiger partial charge >= 0.3 is 0 Å². The van der Waals surface area contributed by atoms with Gasteiger partial charge in [0.25, 0.3) is 0 Å². The highest BCUT2D eigenvalue weighted by Crippen LogP contribution is 2.44. The molecular formula is C16H27NOS. The number of ether oxygens (including phenoxy) is 1. The molecule has 0 saturated heterocycles.